The van der Waals surface area contributed by atoms with Gasteiger partial charge in [0.15, 0.2) is 0 Å². The van der Waals surface area contributed by atoms with Crippen LogP contribution in [0.1, 0.15) is 55.5 Å². The first-order valence-corrected chi connectivity index (χ1v) is 16.6. The normalized spacial score (nSPS) is 20.2. The number of carbonyl (C=O) groups excluding carboxylic acids is 2. The van der Waals surface area contributed by atoms with Crippen LogP contribution in [-0.2, 0) is 11.2 Å². The molecule has 2 amide bonds. The van der Waals surface area contributed by atoms with E-state index in [0.29, 0.717) is 44.1 Å². The number of aromatic nitrogens is 1. The highest BCUT2D eigenvalue weighted by Gasteiger charge is 2.32. The molecule has 0 saturated heterocycles. The van der Waals surface area contributed by atoms with Crippen molar-refractivity contribution in [3.05, 3.63) is 102 Å². The largest absolute Gasteiger partial charge is 0.351 e. The minimum absolute atomic E-state index is 0.0512. The summed E-state index contributed by atoms with van der Waals surface area (Å²) < 4.78 is 27.9. The van der Waals surface area contributed by atoms with Crippen molar-refractivity contribution < 1.29 is 18.4 Å². The van der Waals surface area contributed by atoms with Crippen molar-refractivity contribution >= 4 is 29.2 Å². The Balaban J connectivity index is 1.03. The number of anilines is 2. The van der Waals surface area contributed by atoms with E-state index in [1.54, 1.807) is 11.0 Å². The molecule has 11 heteroatoms. The third-order valence-corrected chi connectivity index (χ3v) is 8.81. The van der Waals surface area contributed by atoms with Gasteiger partial charge in [0.05, 0.1) is 18.3 Å². The molecule has 1 atom stereocenters. The van der Waals surface area contributed by atoms with Crippen LogP contribution in [0.5, 0.6) is 0 Å². The quantitative estimate of drug-likeness (QED) is 0.209. The number of aliphatic imine (C=N–C) groups is 1. The predicted octanol–water partition coefficient (Wildman–Crippen LogP) is 5.79. The summed E-state index contributed by atoms with van der Waals surface area (Å²) >= 11 is 0. The van der Waals surface area contributed by atoms with E-state index in [0.717, 1.165) is 36.0 Å². The molecule has 3 aromatic rings. The van der Waals surface area contributed by atoms with Crippen molar-refractivity contribution in [2.45, 2.75) is 70.1 Å². The van der Waals surface area contributed by atoms with E-state index in [-0.39, 0.29) is 35.2 Å². The zero-order valence-electron chi connectivity index (χ0n) is 27.2. The van der Waals surface area contributed by atoms with Crippen LogP contribution in [0.3, 0.4) is 0 Å². The zero-order chi connectivity index (χ0) is 33.6. The van der Waals surface area contributed by atoms with Gasteiger partial charge in [-0.1, -0.05) is 50.2 Å². The lowest BCUT2D eigenvalue weighted by molar-refractivity contribution is -0.123. The number of allylic oxidation sites excluding steroid dienone is 2. The fraction of sp³-hybridized carbons (Fsp3) is 0.351. The third-order valence-electron chi connectivity index (χ3n) is 8.81. The van der Waals surface area contributed by atoms with Gasteiger partial charge in [0, 0.05) is 30.0 Å². The first-order chi connectivity index (χ1) is 23.2. The molecule has 0 spiro atoms. The number of benzene rings is 2. The second kappa shape index (κ2) is 14.9. The molecule has 1 aliphatic carbocycles. The van der Waals surface area contributed by atoms with Crippen LogP contribution in [0.2, 0.25) is 0 Å². The molecule has 3 aliphatic rings. The Morgan fingerprint density at radius 1 is 0.938 bits per heavy atom. The molecule has 0 radical (unpaired) electrons. The maximum atomic E-state index is 14.3. The molecule has 48 heavy (non-hydrogen) atoms. The maximum absolute atomic E-state index is 14.3. The van der Waals surface area contributed by atoms with Crippen LogP contribution in [0.15, 0.2) is 90.0 Å². The Bertz CT molecular complexity index is 1730. The molecule has 0 bridgehead atoms. The van der Waals surface area contributed by atoms with E-state index in [4.69, 9.17) is 0 Å². The Morgan fingerprint density at radius 3 is 2.44 bits per heavy atom. The molecular formula is C37H41F2N7O2. The average molecular weight is 654 g/mol. The topological polar surface area (TPSA) is 111 Å². The summed E-state index contributed by atoms with van der Waals surface area (Å²) in [4.78, 5) is 36.5. The number of hydrogen-bond acceptors (Lipinski definition) is 7. The van der Waals surface area contributed by atoms with Crippen molar-refractivity contribution in [3.63, 3.8) is 0 Å². The highest BCUT2D eigenvalue weighted by molar-refractivity contribution is 6.00. The lowest BCUT2D eigenvalue weighted by Crippen LogP contribution is -2.46. The fourth-order valence-electron chi connectivity index (χ4n) is 6.24. The van der Waals surface area contributed by atoms with Gasteiger partial charge >= 0.3 is 0 Å². The molecule has 1 unspecified atom stereocenters. The van der Waals surface area contributed by atoms with Crippen LogP contribution >= 0.6 is 0 Å². The van der Waals surface area contributed by atoms with Crippen LogP contribution < -0.4 is 21.3 Å². The number of carbonyl (C=O) groups is 2. The summed E-state index contributed by atoms with van der Waals surface area (Å²) in [5.74, 6) is -0.739. The highest BCUT2D eigenvalue weighted by atomic mass is 19.1. The van der Waals surface area contributed by atoms with Crippen molar-refractivity contribution in [3.8, 4) is 11.1 Å². The standard InChI is InChI=1S/C37H41F2N7O2/c1-23(2)40-17-16-24-6-8-25(9-7-24)26-4-3-5-31(18-26)42-35-32(19-28(39)20-41-35)36(47)43-29-11-13-30(14-12-29)44-37(48)33-22-46-21-27(38)10-15-34(46)45-33/h3-10,15,18-21,23,29-30,33,40H,11-14,16-17,22H2,1-2H3,(H,41,42)(H,43,47)(H,44,48). The van der Waals surface area contributed by atoms with Gasteiger partial charge in [0.25, 0.3) is 5.91 Å². The third kappa shape index (κ3) is 8.32. The number of halogens is 2. The van der Waals surface area contributed by atoms with E-state index < -0.39 is 17.8 Å². The van der Waals surface area contributed by atoms with Gasteiger partial charge < -0.3 is 26.2 Å². The van der Waals surface area contributed by atoms with Crippen molar-refractivity contribution in [2.75, 3.05) is 18.4 Å². The molecule has 6 rings (SSSR count). The second-order valence-electron chi connectivity index (χ2n) is 12.8. The first-order valence-electron chi connectivity index (χ1n) is 16.6. The lowest BCUT2D eigenvalue weighted by Gasteiger charge is -2.30. The number of rotatable bonds is 11. The molecule has 2 aromatic carbocycles. The molecule has 1 saturated carbocycles. The van der Waals surface area contributed by atoms with Crippen LogP contribution in [0.25, 0.3) is 11.1 Å². The maximum Gasteiger partial charge on any atom is 0.255 e. The first kappa shape index (κ1) is 33.0. The molecule has 1 fully saturated rings. The lowest BCUT2D eigenvalue weighted by atomic mass is 9.90. The van der Waals surface area contributed by atoms with Crippen molar-refractivity contribution in [1.82, 2.24) is 25.8 Å². The van der Waals surface area contributed by atoms with Crippen molar-refractivity contribution in [1.29, 1.82) is 0 Å². The van der Waals surface area contributed by atoms with Gasteiger partial charge in [-0.15, -0.1) is 0 Å². The van der Waals surface area contributed by atoms with E-state index in [1.165, 1.54) is 23.9 Å². The SMILES string of the molecule is CC(C)NCCc1ccc(-c2cccc(Nc3ncc(F)cc3C(=O)NC3CCC(NC(=O)C4CN5C=C(F)C=CC5=N4)CC3)c2)cc1. The van der Waals surface area contributed by atoms with E-state index in [2.05, 4.69) is 69.4 Å². The Morgan fingerprint density at radius 2 is 1.69 bits per heavy atom. The molecule has 3 heterocycles. The Kier molecular flexibility index (Phi) is 10.2. The summed E-state index contributed by atoms with van der Waals surface area (Å²) in [6.07, 6.45) is 8.94. The summed E-state index contributed by atoms with van der Waals surface area (Å²) in [6, 6.07) is 17.1. The van der Waals surface area contributed by atoms with Crippen LogP contribution in [0, 0.1) is 5.82 Å². The summed E-state index contributed by atoms with van der Waals surface area (Å²) in [5, 5.41) is 12.8. The van der Waals surface area contributed by atoms with Crippen LogP contribution in [0.4, 0.5) is 20.3 Å². The number of amides is 2. The minimum Gasteiger partial charge on any atom is -0.351 e. The summed E-state index contributed by atoms with van der Waals surface area (Å²) in [6.45, 7) is 5.50. The number of fused-ring (bicyclic) bond motifs is 1. The van der Waals surface area contributed by atoms with Gasteiger partial charge in [0.1, 0.15) is 29.3 Å². The molecule has 250 valence electrons. The van der Waals surface area contributed by atoms with E-state index >= 15 is 0 Å². The van der Waals surface area contributed by atoms with Gasteiger partial charge in [-0.2, -0.15) is 0 Å². The monoisotopic (exact) mass is 653 g/mol. The molecule has 1 aromatic heterocycles. The molecule has 9 nitrogen and oxygen atoms in total. The number of nitrogens with zero attached hydrogens (tertiary/aromatic N) is 3. The van der Waals surface area contributed by atoms with Crippen LogP contribution in [-0.4, -0.2) is 64.8 Å². The summed E-state index contributed by atoms with van der Waals surface area (Å²) in [7, 11) is 0. The minimum atomic E-state index is -0.602. The van der Waals surface area contributed by atoms with E-state index in [9.17, 15) is 18.4 Å². The average Bonchev–Trinajstić information content (AvgIpc) is 3.50. The molecule has 2 aliphatic heterocycles. The number of hydrogen-bond donors (Lipinski definition) is 4. The van der Waals surface area contributed by atoms with Gasteiger partial charge in [-0.25, -0.2) is 13.8 Å². The second-order valence-corrected chi connectivity index (χ2v) is 12.8. The molecule has 4 N–H and O–H groups in total. The number of pyridine rings is 1. The number of nitrogens with one attached hydrogen (secondary N) is 4. The predicted molar refractivity (Wildman–Crippen MR) is 184 cm³/mol. The number of amidine groups is 1. The van der Waals surface area contributed by atoms with Gasteiger partial charge in [0.2, 0.25) is 5.91 Å². The zero-order valence-corrected chi connectivity index (χ0v) is 27.2. The smallest absolute Gasteiger partial charge is 0.255 e. The van der Waals surface area contributed by atoms with E-state index in [1.807, 2.05) is 24.3 Å². The highest BCUT2D eigenvalue weighted by Crippen LogP contribution is 2.27. The van der Waals surface area contributed by atoms with Crippen molar-refractivity contribution in [2.24, 2.45) is 4.99 Å². The summed E-state index contributed by atoms with van der Waals surface area (Å²) in [5.41, 5.74) is 4.17. The fourth-order valence-corrected chi connectivity index (χ4v) is 6.24. The Hall–Kier alpha value is -4.90. The van der Waals surface area contributed by atoms with Gasteiger partial charge in [-0.3, -0.25) is 14.6 Å². The van der Waals surface area contributed by atoms with Gasteiger partial charge in [-0.05, 0) is 85.7 Å². The Labute approximate surface area is 279 Å². The molecular weight excluding hydrogens is 612 g/mol.